The molecule has 0 amide bonds. The van der Waals surface area contributed by atoms with Crippen LogP contribution in [0.3, 0.4) is 0 Å². The molecule has 2 aliphatic rings. The number of hydrogen-bond acceptors (Lipinski definition) is 5. The van der Waals surface area contributed by atoms with Crippen LogP contribution in [0.2, 0.25) is 0 Å². The number of fused-ring (bicyclic) bond motifs is 1. The minimum atomic E-state index is -5.01. The third-order valence-electron chi connectivity index (χ3n) is 7.04. The number of benzene rings is 2. The second kappa shape index (κ2) is 12.1. The van der Waals surface area contributed by atoms with Gasteiger partial charge in [-0.05, 0) is 92.6 Å². The number of nitrogens with one attached hydrogen (secondary N) is 1. The van der Waals surface area contributed by atoms with Crippen molar-refractivity contribution in [1.29, 1.82) is 0 Å². The van der Waals surface area contributed by atoms with Crippen LogP contribution in [0.1, 0.15) is 61.8 Å². The summed E-state index contributed by atoms with van der Waals surface area (Å²) in [7, 11) is 0. The van der Waals surface area contributed by atoms with Crippen molar-refractivity contribution in [3.8, 4) is 11.5 Å². The predicted molar refractivity (Wildman–Crippen MR) is 132 cm³/mol. The zero-order chi connectivity index (χ0) is 25.5. The van der Waals surface area contributed by atoms with Crippen LogP contribution >= 0.6 is 0 Å². The summed E-state index contributed by atoms with van der Waals surface area (Å²) in [4.78, 5) is 13.7. The van der Waals surface area contributed by atoms with E-state index >= 15 is 0 Å². The quantitative estimate of drug-likeness (QED) is 0.355. The van der Waals surface area contributed by atoms with Crippen LogP contribution in [0, 0.1) is 0 Å². The Balaban J connectivity index is 1.41. The summed E-state index contributed by atoms with van der Waals surface area (Å²) in [5.41, 5.74) is 3.17. The zero-order valence-corrected chi connectivity index (χ0v) is 20.8. The molecule has 2 aliphatic heterocycles. The van der Waals surface area contributed by atoms with E-state index in [2.05, 4.69) is 34.0 Å². The van der Waals surface area contributed by atoms with E-state index < -0.39 is 12.1 Å². The van der Waals surface area contributed by atoms with Crippen molar-refractivity contribution in [2.45, 2.75) is 70.1 Å². The normalized spacial score (nSPS) is 20.6. The second-order valence-corrected chi connectivity index (χ2v) is 9.68. The molecule has 2 heterocycles. The summed E-state index contributed by atoms with van der Waals surface area (Å²) in [6.07, 6.45) is 2.23. The number of esters is 1. The lowest BCUT2D eigenvalue weighted by atomic mass is 9.88. The van der Waals surface area contributed by atoms with E-state index in [1.165, 1.54) is 30.9 Å². The van der Waals surface area contributed by atoms with Gasteiger partial charge in [0.25, 0.3) is 0 Å². The maximum Gasteiger partial charge on any atom is 0.491 e. The van der Waals surface area contributed by atoms with Gasteiger partial charge in [0.15, 0.2) is 0 Å². The minimum absolute atomic E-state index is 0.0660. The first-order valence-corrected chi connectivity index (χ1v) is 12.9. The van der Waals surface area contributed by atoms with E-state index in [1.807, 2.05) is 12.1 Å². The Morgan fingerprint density at radius 3 is 2.58 bits per heavy atom. The van der Waals surface area contributed by atoms with Crippen molar-refractivity contribution in [2.24, 2.45) is 0 Å². The average molecular weight is 505 g/mol. The first kappa shape index (κ1) is 26.5. The summed E-state index contributed by atoms with van der Waals surface area (Å²) in [6, 6.07) is 13.7. The predicted octanol–water partition coefficient (Wildman–Crippen LogP) is 5.62. The first-order chi connectivity index (χ1) is 17.3. The molecule has 2 aromatic carbocycles. The standard InChI is InChI=1S/C28H35F3N2O3/c1-2-15-33-16-12-21-19-24(36-27(34)28(29,30)31)10-11-25(21)26(33)18-20-6-8-23(9-7-20)35-17-13-22-5-3-4-14-32-22/h6-11,19,22,26,32H,2-5,12-18H2,1H3. The van der Waals surface area contributed by atoms with Crippen LogP contribution in [0.4, 0.5) is 13.2 Å². The third kappa shape index (κ3) is 7.01. The number of carbonyl (C=O) groups is 1. The van der Waals surface area contributed by atoms with Crippen molar-refractivity contribution < 1.29 is 27.4 Å². The van der Waals surface area contributed by atoms with Gasteiger partial charge in [-0.15, -0.1) is 0 Å². The van der Waals surface area contributed by atoms with E-state index in [0.717, 1.165) is 55.8 Å². The van der Waals surface area contributed by atoms with Gasteiger partial charge in [-0.2, -0.15) is 13.2 Å². The molecule has 1 saturated heterocycles. The van der Waals surface area contributed by atoms with E-state index in [1.54, 1.807) is 12.1 Å². The van der Waals surface area contributed by atoms with Gasteiger partial charge in [0.1, 0.15) is 11.5 Å². The van der Waals surface area contributed by atoms with Gasteiger partial charge in [0, 0.05) is 18.6 Å². The first-order valence-electron chi connectivity index (χ1n) is 12.9. The minimum Gasteiger partial charge on any atom is -0.494 e. The maximum atomic E-state index is 12.6. The molecule has 1 N–H and O–H groups in total. The second-order valence-electron chi connectivity index (χ2n) is 9.68. The van der Waals surface area contributed by atoms with Crippen LogP contribution < -0.4 is 14.8 Å². The van der Waals surface area contributed by atoms with Crippen LogP contribution in [-0.2, 0) is 17.6 Å². The Kier molecular flexibility index (Phi) is 8.90. The SMILES string of the molecule is CCCN1CCc2cc(OC(=O)C(F)(F)F)ccc2C1Cc1ccc(OCCC2CCCCN2)cc1. The zero-order valence-electron chi connectivity index (χ0n) is 20.8. The summed E-state index contributed by atoms with van der Waals surface area (Å²) in [5.74, 6) is -1.40. The Bertz CT molecular complexity index is 1000. The monoisotopic (exact) mass is 504 g/mol. The average Bonchev–Trinajstić information content (AvgIpc) is 2.86. The third-order valence-corrected chi connectivity index (χ3v) is 7.04. The fourth-order valence-corrected chi connectivity index (χ4v) is 5.20. The molecule has 2 unspecified atom stereocenters. The van der Waals surface area contributed by atoms with Crippen LogP contribution in [0.5, 0.6) is 11.5 Å². The molecule has 8 heteroatoms. The largest absolute Gasteiger partial charge is 0.494 e. The van der Waals surface area contributed by atoms with E-state index in [-0.39, 0.29) is 11.8 Å². The molecule has 5 nitrogen and oxygen atoms in total. The molecule has 4 rings (SSSR count). The van der Waals surface area contributed by atoms with Crippen molar-refractivity contribution >= 4 is 5.97 Å². The van der Waals surface area contributed by atoms with Crippen LogP contribution in [0.25, 0.3) is 0 Å². The molecule has 0 aliphatic carbocycles. The molecular weight excluding hydrogens is 469 g/mol. The Morgan fingerprint density at radius 1 is 1.11 bits per heavy atom. The van der Waals surface area contributed by atoms with Gasteiger partial charge in [-0.25, -0.2) is 4.79 Å². The number of hydrogen-bond donors (Lipinski definition) is 1. The number of carbonyl (C=O) groups excluding carboxylic acids is 1. The molecule has 0 spiro atoms. The van der Waals surface area contributed by atoms with Crippen molar-refractivity contribution in [2.75, 3.05) is 26.2 Å². The molecule has 2 aromatic rings. The Hall–Kier alpha value is -2.58. The highest BCUT2D eigenvalue weighted by Crippen LogP contribution is 2.35. The lowest BCUT2D eigenvalue weighted by Gasteiger charge is -2.37. The van der Waals surface area contributed by atoms with Crippen LogP contribution in [0.15, 0.2) is 42.5 Å². The smallest absolute Gasteiger partial charge is 0.491 e. The summed E-state index contributed by atoms with van der Waals surface area (Å²) in [6.45, 7) is 5.67. The highest BCUT2D eigenvalue weighted by molar-refractivity contribution is 5.78. The summed E-state index contributed by atoms with van der Waals surface area (Å²) >= 11 is 0. The van der Waals surface area contributed by atoms with E-state index in [4.69, 9.17) is 4.74 Å². The van der Waals surface area contributed by atoms with E-state index in [9.17, 15) is 18.0 Å². The topological polar surface area (TPSA) is 50.8 Å². The van der Waals surface area contributed by atoms with Gasteiger partial charge in [-0.3, -0.25) is 4.90 Å². The van der Waals surface area contributed by atoms with Gasteiger partial charge < -0.3 is 14.8 Å². The fourth-order valence-electron chi connectivity index (χ4n) is 5.20. The summed E-state index contributed by atoms with van der Waals surface area (Å²) in [5, 5.41) is 3.54. The molecular formula is C28H35F3N2O3. The number of nitrogens with zero attached hydrogens (tertiary/aromatic N) is 1. The molecule has 0 saturated carbocycles. The fraction of sp³-hybridized carbons (Fsp3) is 0.536. The molecule has 196 valence electrons. The highest BCUT2D eigenvalue weighted by Gasteiger charge is 2.41. The molecule has 36 heavy (non-hydrogen) atoms. The number of halogens is 3. The lowest BCUT2D eigenvalue weighted by molar-refractivity contribution is -0.189. The van der Waals surface area contributed by atoms with Crippen molar-refractivity contribution in [1.82, 2.24) is 10.2 Å². The number of ether oxygens (including phenoxy) is 2. The highest BCUT2D eigenvalue weighted by atomic mass is 19.4. The molecule has 0 radical (unpaired) electrons. The molecule has 0 aromatic heterocycles. The Labute approximate surface area is 211 Å². The number of rotatable bonds is 9. The summed E-state index contributed by atoms with van der Waals surface area (Å²) < 4.78 is 48.3. The lowest BCUT2D eigenvalue weighted by Crippen LogP contribution is -2.37. The van der Waals surface area contributed by atoms with E-state index in [0.29, 0.717) is 19.1 Å². The van der Waals surface area contributed by atoms with Gasteiger partial charge in [0.05, 0.1) is 6.61 Å². The molecule has 0 bridgehead atoms. The number of alkyl halides is 3. The van der Waals surface area contributed by atoms with Gasteiger partial charge in [0.2, 0.25) is 0 Å². The molecule has 2 atom stereocenters. The Morgan fingerprint density at radius 2 is 1.89 bits per heavy atom. The number of piperidine rings is 1. The van der Waals surface area contributed by atoms with Gasteiger partial charge >= 0.3 is 12.1 Å². The maximum absolute atomic E-state index is 12.6. The van der Waals surface area contributed by atoms with Crippen molar-refractivity contribution in [3.63, 3.8) is 0 Å². The van der Waals surface area contributed by atoms with Crippen molar-refractivity contribution in [3.05, 3.63) is 59.2 Å². The van der Waals surface area contributed by atoms with Gasteiger partial charge in [-0.1, -0.05) is 31.5 Å². The van der Waals surface area contributed by atoms with Crippen LogP contribution in [-0.4, -0.2) is 49.3 Å². The molecule has 1 fully saturated rings.